The second-order valence-corrected chi connectivity index (χ2v) is 10.6. The molecule has 5 rings (SSSR count). The van der Waals surface area contributed by atoms with E-state index >= 15 is 0 Å². The van der Waals surface area contributed by atoms with Gasteiger partial charge in [-0.05, 0) is 56.5 Å². The average Bonchev–Trinajstić information content (AvgIpc) is 3.57. The van der Waals surface area contributed by atoms with E-state index in [4.69, 9.17) is 17.3 Å². The Bertz CT molecular complexity index is 1000. The summed E-state index contributed by atoms with van der Waals surface area (Å²) in [6, 6.07) is 10.7. The van der Waals surface area contributed by atoms with Gasteiger partial charge in [0.2, 0.25) is 4.77 Å². The Balaban J connectivity index is 1.49. The lowest BCUT2D eigenvalue weighted by Gasteiger charge is -2.27. The predicted octanol–water partition coefficient (Wildman–Crippen LogP) is 2.89. The van der Waals surface area contributed by atoms with Gasteiger partial charge in [0.25, 0.3) is 0 Å². The van der Waals surface area contributed by atoms with Crippen LogP contribution >= 0.6 is 12.2 Å². The molecule has 0 N–H and O–H groups in total. The van der Waals surface area contributed by atoms with E-state index in [-0.39, 0.29) is 11.8 Å². The van der Waals surface area contributed by atoms with Gasteiger partial charge in [-0.3, -0.25) is 9.47 Å². The van der Waals surface area contributed by atoms with Crippen LogP contribution in [0.4, 0.5) is 0 Å². The minimum atomic E-state index is -2.90. The van der Waals surface area contributed by atoms with Crippen molar-refractivity contribution in [2.75, 3.05) is 11.5 Å². The van der Waals surface area contributed by atoms with Crippen molar-refractivity contribution < 1.29 is 8.42 Å². The number of aromatic nitrogens is 3. The third-order valence-electron chi connectivity index (χ3n) is 5.81. The molecule has 1 aromatic carbocycles. The molecule has 1 atom stereocenters. The highest BCUT2D eigenvalue weighted by atomic mass is 32.2. The lowest BCUT2D eigenvalue weighted by atomic mass is 10.2. The first-order valence-corrected chi connectivity index (χ1v) is 12.0. The van der Waals surface area contributed by atoms with E-state index < -0.39 is 9.84 Å². The summed E-state index contributed by atoms with van der Waals surface area (Å²) >= 11 is 5.81. The van der Waals surface area contributed by atoms with E-state index in [1.807, 2.05) is 22.9 Å². The fourth-order valence-electron chi connectivity index (χ4n) is 4.07. The maximum Gasteiger partial charge on any atom is 0.203 e. The average molecular weight is 405 g/mol. The van der Waals surface area contributed by atoms with Crippen molar-refractivity contribution in [2.45, 2.75) is 56.8 Å². The summed E-state index contributed by atoms with van der Waals surface area (Å²) in [5, 5.41) is 4.89. The van der Waals surface area contributed by atoms with Gasteiger partial charge in [-0.25, -0.2) is 13.1 Å². The Morgan fingerprint density at radius 2 is 1.81 bits per heavy atom. The Hall–Kier alpha value is -1.51. The Morgan fingerprint density at radius 1 is 1.07 bits per heavy atom. The summed E-state index contributed by atoms with van der Waals surface area (Å²) in [4.78, 5) is 2.33. The highest BCUT2D eigenvalue weighted by molar-refractivity contribution is 7.91. The Morgan fingerprint density at radius 3 is 2.41 bits per heavy atom. The number of nitrogens with zero attached hydrogens (tertiary/aromatic N) is 4. The molecule has 0 radical (unpaired) electrons. The summed E-state index contributed by atoms with van der Waals surface area (Å²) in [7, 11) is -2.90. The quantitative estimate of drug-likeness (QED) is 0.693. The molecule has 3 fully saturated rings. The van der Waals surface area contributed by atoms with E-state index in [0.29, 0.717) is 29.2 Å². The summed E-state index contributed by atoms with van der Waals surface area (Å²) in [5.74, 6) is 2.10. The molecule has 0 spiro atoms. The summed E-state index contributed by atoms with van der Waals surface area (Å²) in [5.41, 5.74) is 1.05. The van der Waals surface area contributed by atoms with Gasteiger partial charge in [0, 0.05) is 23.7 Å². The molecule has 2 saturated carbocycles. The molecule has 0 bridgehead atoms. The van der Waals surface area contributed by atoms with Gasteiger partial charge in [0.15, 0.2) is 9.84 Å². The number of hydrogen-bond acceptors (Lipinski definition) is 5. The zero-order valence-electron chi connectivity index (χ0n) is 15.2. The summed E-state index contributed by atoms with van der Waals surface area (Å²) in [6.07, 6.45) is 5.32. The lowest BCUT2D eigenvalue weighted by Crippen LogP contribution is -2.39. The number of benzene rings is 1. The molecular weight excluding hydrogens is 380 g/mol. The molecule has 0 unspecified atom stereocenters. The van der Waals surface area contributed by atoms with Crippen molar-refractivity contribution in [2.24, 2.45) is 0 Å². The van der Waals surface area contributed by atoms with Crippen LogP contribution in [0.25, 0.3) is 5.69 Å². The monoisotopic (exact) mass is 404 g/mol. The van der Waals surface area contributed by atoms with Gasteiger partial charge in [0.05, 0.1) is 18.2 Å². The molecule has 2 heterocycles. The molecule has 27 heavy (non-hydrogen) atoms. The normalized spacial score (nSPS) is 24.6. The van der Waals surface area contributed by atoms with Gasteiger partial charge in [-0.2, -0.15) is 5.10 Å². The zero-order chi connectivity index (χ0) is 18.6. The van der Waals surface area contributed by atoms with E-state index in [1.165, 1.54) is 0 Å². The van der Waals surface area contributed by atoms with Crippen LogP contribution in [0.2, 0.25) is 0 Å². The summed E-state index contributed by atoms with van der Waals surface area (Å²) in [6.45, 7) is 0.587. The maximum atomic E-state index is 12.0. The van der Waals surface area contributed by atoms with Crippen LogP contribution in [0.1, 0.15) is 43.8 Å². The standard InChI is InChI=1S/C19H24N4O2S2/c24-27(25)11-10-17(12-27)21(15-8-9-15)13-22-19(26)23(16-4-2-1-3-5-16)18(20-22)14-6-7-14/h1-5,14-15,17H,6-13H2/t17-/m0/s1. The first kappa shape index (κ1) is 17.6. The maximum absolute atomic E-state index is 12.0. The van der Waals surface area contributed by atoms with Crippen molar-refractivity contribution in [1.29, 1.82) is 0 Å². The molecule has 1 aromatic heterocycles. The minimum Gasteiger partial charge on any atom is -0.277 e. The van der Waals surface area contributed by atoms with Crippen molar-refractivity contribution in [1.82, 2.24) is 19.2 Å². The molecule has 3 aliphatic rings. The predicted molar refractivity (Wildman–Crippen MR) is 106 cm³/mol. The van der Waals surface area contributed by atoms with Crippen LogP contribution in [0.5, 0.6) is 0 Å². The Kier molecular flexibility index (Phi) is 4.25. The highest BCUT2D eigenvalue weighted by Crippen LogP contribution is 2.40. The van der Waals surface area contributed by atoms with E-state index in [2.05, 4.69) is 21.6 Å². The van der Waals surface area contributed by atoms with Crippen LogP contribution in [0.15, 0.2) is 30.3 Å². The van der Waals surface area contributed by atoms with Gasteiger partial charge in [0.1, 0.15) is 5.82 Å². The smallest absolute Gasteiger partial charge is 0.203 e. The van der Waals surface area contributed by atoms with Crippen LogP contribution in [-0.4, -0.2) is 51.3 Å². The van der Waals surface area contributed by atoms with Gasteiger partial charge in [-0.1, -0.05) is 18.2 Å². The largest absolute Gasteiger partial charge is 0.277 e. The fraction of sp³-hybridized carbons (Fsp3) is 0.579. The molecule has 6 nitrogen and oxygen atoms in total. The van der Waals surface area contributed by atoms with Crippen molar-refractivity contribution >= 4 is 22.1 Å². The van der Waals surface area contributed by atoms with Gasteiger partial charge >= 0.3 is 0 Å². The van der Waals surface area contributed by atoms with Crippen LogP contribution in [0, 0.1) is 4.77 Å². The minimum absolute atomic E-state index is 0.0932. The third-order valence-corrected chi connectivity index (χ3v) is 7.96. The molecule has 0 amide bonds. The Labute approximate surface area is 164 Å². The van der Waals surface area contributed by atoms with Crippen molar-refractivity contribution in [3.8, 4) is 5.69 Å². The second-order valence-electron chi connectivity index (χ2n) is 8.03. The number of sulfone groups is 1. The van der Waals surface area contributed by atoms with Gasteiger partial charge < -0.3 is 0 Å². The highest BCUT2D eigenvalue weighted by Gasteiger charge is 2.40. The molecule has 2 aliphatic carbocycles. The lowest BCUT2D eigenvalue weighted by molar-refractivity contribution is 0.145. The topological polar surface area (TPSA) is 60.1 Å². The molecular formula is C19H24N4O2S2. The van der Waals surface area contributed by atoms with E-state index in [9.17, 15) is 8.42 Å². The molecule has 1 saturated heterocycles. The third kappa shape index (κ3) is 3.50. The first-order valence-electron chi connectivity index (χ1n) is 9.73. The number of para-hydroxylation sites is 1. The van der Waals surface area contributed by atoms with Crippen molar-refractivity contribution in [3.63, 3.8) is 0 Å². The molecule has 1 aliphatic heterocycles. The van der Waals surface area contributed by atoms with Crippen LogP contribution in [0.3, 0.4) is 0 Å². The molecule has 2 aromatic rings. The first-order chi connectivity index (χ1) is 13.0. The second kappa shape index (κ2) is 6.53. The van der Waals surface area contributed by atoms with Crippen LogP contribution < -0.4 is 0 Å². The molecule has 8 heteroatoms. The molecule has 144 valence electrons. The van der Waals surface area contributed by atoms with Crippen LogP contribution in [-0.2, 0) is 16.5 Å². The van der Waals surface area contributed by atoms with E-state index in [1.54, 1.807) is 0 Å². The van der Waals surface area contributed by atoms with E-state index in [0.717, 1.165) is 43.6 Å². The number of hydrogen-bond donors (Lipinski definition) is 0. The van der Waals surface area contributed by atoms with Crippen molar-refractivity contribution in [3.05, 3.63) is 40.9 Å². The summed E-state index contributed by atoms with van der Waals surface area (Å²) < 4.78 is 28.7. The number of rotatable bonds is 6. The zero-order valence-corrected chi connectivity index (χ0v) is 16.8. The van der Waals surface area contributed by atoms with Gasteiger partial charge in [-0.15, -0.1) is 0 Å². The fourth-order valence-corrected chi connectivity index (χ4v) is 6.11. The SMILES string of the molecule is O=S1(=O)CC[C@H](N(Cn2nc(C3CC3)n(-c3ccccc3)c2=S)C2CC2)C1.